The van der Waals surface area contributed by atoms with Gasteiger partial charge in [0.1, 0.15) is 0 Å². The summed E-state index contributed by atoms with van der Waals surface area (Å²) < 4.78 is 0. The van der Waals surface area contributed by atoms with Crippen LogP contribution >= 0.6 is 0 Å². The van der Waals surface area contributed by atoms with Crippen molar-refractivity contribution in [1.82, 2.24) is 0 Å². The Morgan fingerprint density at radius 2 is 2.00 bits per heavy atom. The summed E-state index contributed by atoms with van der Waals surface area (Å²) in [6.45, 7) is 2.32. The molecule has 0 aliphatic heterocycles. The molecule has 0 spiro atoms. The number of hydrogen-bond acceptors (Lipinski definition) is 0. The molecule has 0 aromatic carbocycles. The smallest absolute Gasteiger partial charge is 0.0380 e. The molecule has 2 saturated carbocycles. The van der Waals surface area contributed by atoms with E-state index in [9.17, 15) is 0 Å². The molecule has 2 fully saturated rings. The van der Waals surface area contributed by atoms with Crippen molar-refractivity contribution < 1.29 is 0 Å². The van der Waals surface area contributed by atoms with E-state index in [4.69, 9.17) is 0 Å². The molecule has 0 radical (unpaired) electrons. The Bertz CT molecular complexity index is 124. The fourth-order valence-electron chi connectivity index (χ4n) is 2.48. The van der Waals surface area contributed by atoms with Crippen LogP contribution in [0, 0.1) is 17.8 Å². The zero-order valence-electron chi connectivity index (χ0n) is 7.68. The summed E-state index contributed by atoms with van der Waals surface area (Å²) in [6, 6.07) is 0. The molecule has 2 rings (SSSR count). The van der Waals surface area contributed by atoms with Gasteiger partial charge in [-0.3, -0.25) is 0 Å². The van der Waals surface area contributed by atoms with Gasteiger partial charge in [0.05, 0.1) is 0 Å². The highest BCUT2D eigenvalue weighted by atomic mass is 14.4. The van der Waals surface area contributed by atoms with Crippen LogP contribution in [0.4, 0.5) is 0 Å². The zero-order valence-corrected chi connectivity index (χ0v) is 7.68. The SMILES string of the molecule is CCCC1CC1CC1CCC1. The molecule has 64 valence electrons. The molecule has 0 heteroatoms. The van der Waals surface area contributed by atoms with Crippen LogP contribution in [-0.4, -0.2) is 0 Å². The molecule has 0 bridgehead atoms. The van der Waals surface area contributed by atoms with E-state index in [0.29, 0.717) is 0 Å². The van der Waals surface area contributed by atoms with E-state index in [2.05, 4.69) is 6.92 Å². The van der Waals surface area contributed by atoms with E-state index >= 15 is 0 Å². The predicted octanol–water partition coefficient (Wildman–Crippen LogP) is 3.61. The van der Waals surface area contributed by atoms with Crippen molar-refractivity contribution in [3.63, 3.8) is 0 Å². The molecule has 0 aromatic heterocycles. The van der Waals surface area contributed by atoms with Crippen molar-refractivity contribution in [2.24, 2.45) is 17.8 Å². The maximum atomic E-state index is 2.32. The van der Waals surface area contributed by atoms with Gasteiger partial charge < -0.3 is 0 Å². The van der Waals surface area contributed by atoms with Crippen LogP contribution in [0.25, 0.3) is 0 Å². The Morgan fingerprint density at radius 3 is 2.55 bits per heavy atom. The second-order valence-corrected chi connectivity index (χ2v) is 4.58. The van der Waals surface area contributed by atoms with Crippen LogP contribution in [0.1, 0.15) is 51.9 Å². The molecule has 0 heterocycles. The first kappa shape index (κ1) is 7.64. The average Bonchev–Trinajstić information content (AvgIpc) is 2.60. The van der Waals surface area contributed by atoms with E-state index in [-0.39, 0.29) is 0 Å². The molecule has 0 aromatic rings. The van der Waals surface area contributed by atoms with Crippen LogP contribution in [0.3, 0.4) is 0 Å². The summed E-state index contributed by atoms with van der Waals surface area (Å²) in [5.74, 6) is 3.47. The third kappa shape index (κ3) is 1.77. The zero-order chi connectivity index (χ0) is 7.68. The number of rotatable bonds is 4. The lowest BCUT2D eigenvalue weighted by Crippen LogP contribution is -2.11. The minimum Gasteiger partial charge on any atom is -0.0654 e. The van der Waals surface area contributed by atoms with Gasteiger partial charge >= 0.3 is 0 Å². The van der Waals surface area contributed by atoms with E-state index in [1.165, 1.54) is 25.2 Å². The minimum absolute atomic E-state index is 1.15. The van der Waals surface area contributed by atoms with Crippen molar-refractivity contribution in [3.05, 3.63) is 0 Å². The summed E-state index contributed by atoms with van der Waals surface area (Å²) in [4.78, 5) is 0. The first-order valence-electron chi connectivity index (χ1n) is 5.40. The molecule has 0 N–H and O–H groups in total. The van der Waals surface area contributed by atoms with Gasteiger partial charge in [0, 0.05) is 0 Å². The largest absolute Gasteiger partial charge is 0.0654 e. The van der Waals surface area contributed by atoms with E-state index in [0.717, 1.165) is 11.8 Å². The van der Waals surface area contributed by atoms with Gasteiger partial charge in [-0.1, -0.05) is 39.0 Å². The normalized spacial score (nSPS) is 36.8. The maximum Gasteiger partial charge on any atom is -0.0380 e. The average molecular weight is 152 g/mol. The second kappa shape index (κ2) is 3.16. The van der Waals surface area contributed by atoms with Crippen molar-refractivity contribution in [2.45, 2.75) is 51.9 Å². The van der Waals surface area contributed by atoms with Crippen LogP contribution in [0.5, 0.6) is 0 Å². The molecule has 0 saturated heterocycles. The first-order chi connectivity index (χ1) is 5.40. The molecule has 0 nitrogen and oxygen atoms in total. The van der Waals surface area contributed by atoms with Gasteiger partial charge in [0.25, 0.3) is 0 Å². The van der Waals surface area contributed by atoms with E-state index in [1.54, 1.807) is 25.7 Å². The Kier molecular flexibility index (Phi) is 2.20. The van der Waals surface area contributed by atoms with Gasteiger partial charge in [-0.05, 0) is 30.6 Å². The molecule has 2 unspecified atom stereocenters. The molecular weight excluding hydrogens is 132 g/mol. The summed E-state index contributed by atoms with van der Waals surface area (Å²) in [5, 5.41) is 0. The van der Waals surface area contributed by atoms with Crippen molar-refractivity contribution in [3.8, 4) is 0 Å². The summed E-state index contributed by atoms with van der Waals surface area (Å²) in [6.07, 6.45) is 10.7. The van der Waals surface area contributed by atoms with Crippen LogP contribution in [0.15, 0.2) is 0 Å². The van der Waals surface area contributed by atoms with Crippen LogP contribution in [-0.2, 0) is 0 Å². The van der Waals surface area contributed by atoms with Gasteiger partial charge in [0.15, 0.2) is 0 Å². The highest BCUT2D eigenvalue weighted by Gasteiger charge is 2.38. The number of hydrogen-bond donors (Lipinski definition) is 0. The second-order valence-electron chi connectivity index (χ2n) is 4.58. The first-order valence-corrected chi connectivity index (χ1v) is 5.40. The maximum absolute atomic E-state index is 2.32. The molecule has 11 heavy (non-hydrogen) atoms. The Balaban J connectivity index is 1.59. The van der Waals surface area contributed by atoms with Gasteiger partial charge in [-0.2, -0.15) is 0 Å². The lowest BCUT2D eigenvalue weighted by atomic mass is 9.81. The quantitative estimate of drug-likeness (QED) is 0.577. The lowest BCUT2D eigenvalue weighted by Gasteiger charge is -2.25. The fraction of sp³-hybridized carbons (Fsp3) is 1.00. The van der Waals surface area contributed by atoms with Crippen LogP contribution < -0.4 is 0 Å². The standard InChI is InChI=1S/C11H20/c1-2-4-10-8-11(10)7-9-5-3-6-9/h9-11H,2-8H2,1H3. The Morgan fingerprint density at radius 1 is 1.18 bits per heavy atom. The Hall–Kier alpha value is 0. The highest BCUT2D eigenvalue weighted by molar-refractivity contribution is 4.88. The third-order valence-corrected chi connectivity index (χ3v) is 3.59. The highest BCUT2D eigenvalue weighted by Crippen LogP contribution is 2.48. The topological polar surface area (TPSA) is 0 Å². The molecule has 0 amide bonds. The lowest BCUT2D eigenvalue weighted by molar-refractivity contribution is 0.277. The van der Waals surface area contributed by atoms with E-state index in [1.807, 2.05) is 0 Å². The van der Waals surface area contributed by atoms with Crippen molar-refractivity contribution in [2.75, 3.05) is 0 Å². The predicted molar refractivity (Wildman–Crippen MR) is 48.5 cm³/mol. The third-order valence-electron chi connectivity index (χ3n) is 3.59. The monoisotopic (exact) mass is 152 g/mol. The summed E-state index contributed by atoms with van der Waals surface area (Å²) in [5.41, 5.74) is 0. The van der Waals surface area contributed by atoms with E-state index < -0.39 is 0 Å². The Labute approximate surface area is 70.4 Å². The molecule has 2 aliphatic rings. The fourth-order valence-corrected chi connectivity index (χ4v) is 2.48. The summed E-state index contributed by atoms with van der Waals surface area (Å²) >= 11 is 0. The minimum atomic E-state index is 1.15. The molecular formula is C11H20. The van der Waals surface area contributed by atoms with Gasteiger partial charge in [-0.15, -0.1) is 0 Å². The van der Waals surface area contributed by atoms with Gasteiger partial charge in [0.2, 0.25) is 0 Å². The summed E-state index contributed by atoms with van der Waals surface area (Å²) in [7, 11) is 0. The molecule has 2 aliphatic carbocycles. The van der Waals surface area contributed by atoms with Crippen molar-refractivity contribution in [1.29, 1.82) is 0 Å². The van der Waals surface area contributed by atoms with Crippen LogP contribution in [0.2, 0.25) is 0 Å². The van der Waals surface area contributed by atoms with Gasteiger partial charge in [-0.25, -0.2) is 0 Å². The molecule has 2 atom stereocenters. The van der Waals surface area contributed by atoms with Crippen molar-refractivity contribution >= 4 is 0 Å².